The standard InChI is InChI=1S/C19H21N3O4/c1-14-8-4-7-11-17(14)26-12-15-9-5-6-10-16(15)18(22-25-3)19(23)20-13-21-24-2/h4-11,13H,12H2,1-3H3,(H,20,21,23). The third-order valence-electron chi connectivity index (χ3n) is 3.50. The summed E-state index contributed by atoms with van der Waals surface area (Å²) in [6.07, 6.45) is 1.14. The number of ether oxygens (including phenoxy) is 1. The topological polar surface area (TPSA) is 81.5 Å². The van der Waals surface area contributed by atoms with Crippen LogP contribution in [-0.4, -0.2) is 32.2 Å². The van der Waals surface area contributed by atoms with Gasteiger partial charge in [-0.15, -0.1) is 0 Å². The average Bonchev–Trinajstić information content (AvgIpc) is 2.66. The van der Waals surface area contributed by atoms with Crippen LogP contribution in [0.3, 0.4) is 0 Å². The van der Waals surface area contributed by atoms with Gasteiger partial charge in [0.1, 0.15) is 32.9 Å². The minimum Gasteiger partial charge on any atom is -0.489 e. The monoisotopic (exact) mass is 355 g/mol. The summed E-state index contributed by atoms with van der Waals surface area (Å²) in [7, 11) is 2.76. The first-order valence-electron chi connectivity index (χ1n) is 7.91. The van der Waals surface area contributed by atoms with Crippen molar-refractivity contribution in [3.05, 3.63) is 65.2 Å². The van der Waals surface area contributed by atoms with Crippen molar-refractivity contribution in [3.63, 3.8) is 0 Å². The predicted octanol–water partition coefficient (Wildman–Crippen LogP) is 2.63. The lowest BCUT2D eigenvalue weighted by Crippen LogP contribution is -2.31. The Hall–Kier alpha value is -3.35. The van der Waals surface area contributed by atoms with E-state index in [-0.39, 0.29) is 12.3 Å². The van der Waals surface area contributed by atoms with Crippen molar-refractivity contribution in [2.24, 2.45) is 10.3 Å². The number of oxime groups is 2. The molecule has 26 heavy (non-hydrogen) atoms. The number of amides is 1. The maximum Gasteiger partial charge on any atom is 0.279 e. The molecule has 7 heteroatoms. The average molecular weight is 355 g/mol. The van der Waals surface area contributed by atoms with Crippen molar-refractivity contribution >= 4 is 18.0 Å². The summed E-state index contributed by atoms with van der Waals surface area (Å²) < 4.78 is 5.90. The Labute approximate surface area is 152 Å². The van der Waals surface area contributed by atoms with Crippen molar-refractivity contribution in [1.29, 1.82) is 0 Å². The second-order valence-electron chi connectivity index (χ2n) is 5.22. The molecule has 0 unspecified atom stereocenters. The van der Waals surface area contributed by atoms with Gasteiger partial charge in [-0.3, -0.25) is 4.79 Å². The summed E-state index contributed by atoms with van der Waals surface area (Å²) in [6.45, 7) is 2.25. The highest BCUT2D eigenvalue weighted by Crippen LogP contribution is 2.19. The van der Waals surface area contributed by atoms with Crippen LogP contribution >= 0.6 is 0 Å². The van der Waals surface area contributed by atoms with E-state index in [1.165, 1.54) is 14.2 Å². The Morgan fingerprint density at radius 3 is 2.54 bits per heavy atom. The van der Waals surface area contributed by atoms with Gasteiger partial charge in [-0.25, -0.2) is 0 Å². The maximum absolute atomic E-state index is 12.4. The number of hydrogen-bond acceptors (Lipinski definition) is 6. The third kappa shape index (κ3) is 5.07. The first-order chi connectivity index (χ1) is 12.7. The molecule has 2 rings (SSSR count). The molecule has 0 atom stereocenters. The number of carbonyl (C=O) groups excluding carboxylic acids is 1. The van der Waals surface area contributed by atoms with Gasteiger partial charge in [-0.1, -0.05) is 52.8 Å². The molecule has 0 bridgehead atoms. The van der Waals surface area contributed by atoms with Crippen molar-refractivity contribution in [3.8, 4) is 5.75 Å². The number of rotatable bonds is 8. The van der Waals surface area contributed by atoms with Gasteiger partial charge in [0.2, 0.25) is 0 Å². The van der Waals surface area contributed by atoms with E-state index in [0.29, 0.717) is 5.56 Å². The quantitative estimate of drug-likeness (QED) is 0.448. The number of para-hydroxylation sites is 1. The van der Waals surface area contributed by atoms with Gasteiger partial charge in [0.15, 0.2) is 5.71 Å². The molecule has 7 nitrogen and oxygen atoms in total. The van der Waals surface area contributed by atoms with Crippen molar-refractivity contribution in [2.75, 3.05) is 14.2 Å². The molecule has 0 aromatic heterocycles. The molecule has 0 fully saturated rings. The van der Waals surface area contributed by atoms with E-state index < -0.39 is 5.91 Å². The summed E-state index contributed by atoms with van der Waals surface area (Å²) in [5.41, 5.74) is 2.54. The second-order valence-corrected chi connectivity index (χ2v) is 5.22. The van der Waals surface area contributed by atoms with E-state index in [1.807, 2.05) is 49.4 Å². The maximum atomic E-state index is 12.4. The summed E-state index contributed by atoms with van der Waals surface area (Å²) in [4.78, 5) is 21.7. The highest BCUT2D eigenvalue weighted by atomic mass is 16.6. The molecule has 0 saturated carbocycles. The molecule has 2 aromatic rings. The number of hydrogen-bond donors (Lipinski definition) is 1. The molecule has 0 saturated heterocycles. The van der Waals surface area contributed by atoms with E-state index in [9.17, 15) is 4.79 Å². The van der Waals surface area contributed by atoms with Gasteiger partial charge in [0, 0.05) is 5.56 Å². The molecule has 0 aliphatic heterocycles. The normalized spacial score (nSPS) is 11.3. The lowest BCUT2D eigenvalue weighted by molar-refractivity contribution is -0.113. The van der Waals surface area contributed by atoms with Crippen LogP contribution < -0.4 is 10.1 Å². The minimum atomic E-state index is -0.476. The van der Waals surface area contributed by atoms with E-state index in [0.717, 1.165) is 23.2 Å². The number of benzene rings is 2. The number of nitrogens with one attached hydrogen (secondary N) is 1. The Morgan fingerprint density at radius 1 is 1.08 bits per heavy atom. The molecule has 0 aliphatic carbocycles. The van der Waals surface area contributed by atoms with E-state index in [2.05, 4.69) is 20.5 Å². The van der Waals surface area contributed by atoms with Crippen molar-refractivity contribution in [1.82, 2.24) is 5.32 Å². The smallest absolute Gasteiger partial charge is 0.279 e. The van der Waals surface area contributed by atoms with Crippen LogP contribution in [0.15, 0.2) is 58.8 Å². The molecule has 136 valence electrons. The zero-order valence-electron chi connectivity index (χ0n) is 14.9. The van der Waals surface area contributed by atoms with E-state index >= 15 is 0 Å². The Morgan fingerprint density at radius 2 is 1.81 bits per heavy atom. The van der Waals surface area contributed by atoms with Gasteiger partial charge in [-0.05, 0) is 24.1 Å². The minimum absolute atomic E-state index is 0.110. The fourth-order valence-corrected chi connectivity index (χ4v) is 2.26. The van der Waals surface area contributed by atoms with Crippen LogP contribution in [0.5, 0.6) is 5.75 Å². The largest absolute Gasteiger partial charge is 0.489 e. The van der Waals surface area contributed by atoms with Crippen LogP contribution in [0, 0.1) is 6.92 Å². The lowest BCUT2D eigenvalue weighted by Gasteiger charge is -2.13. The van der Waals surface area contributed by atoms with Crippen LogP contribution in [0.2, 0.25) is 0 Å². The second kappa shape index (κ2) is 9.83. The van der Waals surface area contributed by atoms with Crippen molar-refractivity contribution < 1.29 is 19.2 Å². The molecule has 1 N–H and O–H groups in total. The predicted molar refractivity (Wildman–Crippen MR) is 99.1 cm³/mol. The molecule has 0 aliphatic rings. The number of nitrogens with zero attached hydrogens (tertiary/aromatic N) is 2. The highest BCUT2D eigenvalue weighted by Gasteiger charge is 2.18. The SMILES string of the molecule is CON=C(C(=O)N/C=N/OC)c1ccccc1COc1ccccc1C. The first kappa shape index (κ1) is 19.0. The highest BCUT2D eigenvalue weighted by molar-refractivity contribution is 6.46. The molecule has 0 spiro atoms. The van der Waals surface area contributed by atoms with Gasteiger partial charge in [0.05, 0.1) is 0 Å². The Balaban J connectivity index is 2.24. The summed E-state index contributed by atoms with van der Waals surface area (Å²) in [5.74, 6) is 0.306. The Kier molecular flexibility index (Phi) is 7.17. The molecular weight excluding hydrogens is 334 g/mol. The number of carbonyl (C=O) groups is 1. The molecule has 1 amide bonds. The molecular formula is C19H21N3O4. The van der Waals surface area contributed by atoms with Crippen LogP contribution in [0.1, 0.15) is 16.7 Å². The van der Waals surface area contributed by atoms with E-state index in [1.54, 1.807) is 6.07 Å². The van der Waals surface area contributed by atoms with Crippen LogP contribution in [-0.2, 0) is 21.1 Å². The molecule has 2 aromatic carbocycles. The zero-order chi connectivity index (χ0) is 18.8. The first-order valence-corrected chi connectivity index (χ1v) is 7.91. The van der Waals surface area contributed by atoms with Gasteiger partial charge < -0.3 is 19.7 Å². The number of aryl methyl sites for hydroxylation is 1. The summed E-state index contributed by atoms with van der Waals surface area (Å²) in [5, 5.41) is 9.80. The summed E-state index contributed by atoms with van der Waals surface area (Å²) in [6, 6.07) is 15.1. The van der Waals surface area contributed by atoms with Gasteiger partial charge in [0.25, 0.3) is 5.91 Å². The fraction of sp³-hybridized carbons (Fsp3) is 0.211. The van der Waals surface area contributed by atoms with E-state index in [4.69, 9.17) is 9.57 Å². The lowest BCUT2D eigenvalue weighted by atomic mass is 10.0. The zero-order valence-corrected chi connectivity index (χ0v) is 14.9. The fourth-order valence-electron chi connectivity index (χ4n) is 2.26. The van der Waals surface area contributed by atoms with Crippen LogP contribution in [0.4, 0.5) is 0 Å². The van der Waals surface area contributed by atoms with Crippen LogP contribution in [0.25, 0.3) is 0 Å². The Bertz CT molecular complexity index is 803. The summed E-state index contributed by atoms with van der Waals surface area (Å²) >= 11 is 0. The molecule has 0 radical (unpaired) electrons. The third-order valence-corrected chi connectivity index (χ3v) is 3.50. The van der Waals surface area contributed by atoms with Gasteiger partial charge >= 0.3 is 0 Å². The van der Waals surface area contributed by atoms with Crippen molar-refractivity contribution in [2.45, 2.75) is 13.5 Å². The van der Waals surface area contributed by atoms with Gasteiger partial charge in [-0.2, -0.15) is 0 Å². The molecule has 0 heterocycles.